The van der Waals surface area contributed by atoms with Gasteiger partial charge in [0.2, 0.25) is 0 Å². The van der Waals surface area contributed by atoms with Gasteiger partial charge < -0.3 is 5.73 Å². The van der Waals surface area contributed by atoms with Gasteiger partial charge in [0.1, 0.15) is 0 Å². The third-order valence-electron chi connectivity index (χ3n) is 2.92. The van der Waals surface area contributed by atoms with E-state index in [-0.39, 0.29) is 12.5 Å². The second kappa shape index (κ2) is 3.93. The van der Waals surface area contributed by atoms with Gasteiger partial charge in [-0.2, -0.15) is 0 Å². The summed E-state index contributed by atoms with van der Waals surface area (Å²) in [4.78, 5) is 0. The van der Waals surface area contributed by atoms with Gasteiger partial charge in [0.05, 0.1) is 10.0 Å². The van der Waals surface area contributed by atoms with Crippen molar-refractivity contribution in [2.45, 2.75) is 18.5 Å². The van der Waals surface area contributed by atoms with Crippen LogP contribution in [0.1, 0.15) is 18.4 Å². The lowest BCUT2D eigenvalue weighted by Crippen LogP contribution is -2.33. The number of benzene rings is 1. The second-order valence-corrected chi connectivity index (χ2v) is 4.73. The molecule has 4 heteroatoms. The molecule has 15 heavy (non-hydrogen) atoms. The number of hydrogen-bond donors (Lipinski definition) is 1. The molecule has 1 saturated carbocycles. The molecule has 1 unspecified atom stereocenters. The summed E-state index contributed by atoms with van der Waals surface area (Å²) in [6.07, 6.45) is 1.74. The summed E-state index contributed by atoms with van der Waals surface area (Å²) >= 11 is 11.9. The molecule has 1 aromatic rings. The minimum absolute atomic E-state index is 0.00142. The maximum absolute atomic E-state index is 14.6. The smallest absolute Gasteiger partial charge is 0.152 e. The fourth-order valence-corrected chi connectivity index (χ4v) is 2.32. The van der Waals surface area contributed by atoms with E-state index in [4.69, 9.17) is 28.9 Å². The zero-order valence-electron chi connectivity index (χ0n) is 8.14. The number of halogens is 3. The predicted molar refractivity (Wildman–Crippen MR) is 61.0 cm³/mol. The monoisotopic (exact) mass is 247 g/mol. The molecule has 0 spiro atoms. The van der Waals surface area contributed by atoms with Crippen LogP contribution in [0.2, 0.25) is 10.0 Å². The number of rotatable bonds is 3. The molecule has 0 radical (unpaired) electrons. The molecule has 0 bridgehead atoms. The van der Waals surface area contributed by atoms with Crippen molar-refractivity contribution in [3.63, 3.8) is 0 Å². The summed E-state index contributed by atoms with van der Waals surface area (Å²) < 4.78 is 14.6. The molecule has 0 aromatic heterocycles. The van der Waals surface area contributed by atoms with Crippen LogP contribution in [-0.2, 0) is 5.67 Å². The molecule has 2 rings (SSSR count). The average Bonchev–Trinajstić information content (AvgIpc) is 3.05. The van der Waals surface area contributed by atoms with Crippen molar-refractivity contribution in [2.24, 2.45) is 11.7 Å². The molecule has 0 saturated heterocycles. The van der Waals surface area contributed by atoms with Gasteiger partial charge in [-0.25, -0.2) is 4.39 Å². The van der Waals surface area contributed by atoms with Crippen LogP contribution >= 0.6 is 23.2 Å². The van der Waals surface area contributed by atoms with Crippen molar-refractivity contribution in [2.75, 3.05) is 6.54 Å². The molecular weight excluding hydrogens is 236 g/mol. The summed E-state index contributed by atoms with van der Waals surface area (Å²) in [5, 5.41) is 0.671. The van der Waals surface area contributed by atoms with E-state index < -0.39 is 5.67 Å². The van der Waals surface area contributed by atoms with Crippen molar-refractivity contribution < 1.29 is 4.39 Å². The second-order valence-electron chi connectivity index (χ2n) is 3.94. The van der Waals surface area contributed by atoms with E-state index in [0.29, 0.717) is 15.6 Å². The summed E-state index contributed by atoms with van der Waals surface area (Å²) in [5.41, 5.74) is 4.44. The molecule has 1 fully saturated rings. The molecule has 1 aliphatic rings. The average molecular weight is 248 g/mol. The minimum atomic E-state index is -1.51. The Morgan fingerprint density at radius 2 is 2.07 bits per heavy atom. The molecule has 1 atom stereocenters. The molecule has 2 N–H and O–H groups in total. The van der Waals surface area contributed by atoms with Crippen molar-refractivity contribution >= 4 is 23.2 Å². The third kappa shape index (κ3) is 1.86. The molecule has 1 aliphatic carbocycles. The first kappa shape index (κ1) is 11.2. The number of hydrogen-bond acceptors (Lipinski definition) is 1. The summed E-state index contributed by atoms with van der Waals surface area (Å²) in [6, 6.07) is 5.02. The lowest BCUT2D eigenvalue weighted by molar-refractivity contribution is 0.143. The van der Waals surface area contributed by atoms with Gasteiger partial charge in [0.25, 0.3) is 0 Å². The van der Waals surface area contributed by atoms with E-state index in [9.17, 15) is 4.39 Å². The van der Waals surface area contributed by atoms with E-state index in [2.05, 4.69) is 0 Å². The zero-order valence-corrected chi connectivity index (χ0v) is 9.65. The highest BCUT2D eigenvalue weighted by atomic mass is 35.5. The van der Waals surface area contributed by atoms with Gasteiger partial charge in [-0.15, -0.1) is 0 Å². The molecular formula is C11H12Cl2FN. The fourth-order valence-electron chi connectivity index (χ4n) is 1.86. The summed E-state index contributed by atoms with van der Waals surface area (Å²) in [6.45, 7) is -0.0439. The van der Waals surface area contributed by atoms with Gasteiger partial charge in [-0.3, -0.25) is 0 Å². The maximum Gasteiger partial charge on any atom is 0.152 e. The van der Waals surface area contributed by atoms with Gasteiger partial charge in [0.15, 0.2) is 5.67 Å². The van der Waals surface area contributed by atoms with Crippen molar-refractivity contribution in [1.29, 1.82) is 0 Å². The normalized spacial score (nSPS) is 20.0. The summed E-state index contributed by atoms with van der Waals surface area (Å²) in [5.74, 6) is -0.00142. The van der Waals surface area contributed by atoms with Crippen LogP contribution in [0.5, 0.6) is 0 Å². The Kier molecular flexibility index (Phi) is 2.93. The Labute approximate surface area is 98.4 Å². The van der Waals surface area contributed by atoms with Crippen LogP contribution in [0.4, 0.5) is 4.39 Å². The highest BCUT2D eigenvalue weighted by Gasteiger charge is 2.47. The van der Waals surface area contributed by atoms with Crippen LogP contribution in [0.25, 0.3) is 0 Å². The predicted octanol–water partition coefficient (Wildman–Crippen LogP) is 3.53. The van der Waals surface area contributed by atoms with Gasteiger partial charge in [0, 0.05) is 12.1 Å². The maximum atomic E-state index is 14.6. The fraction of sp³-hybridized carbons (Fsp3) is 0.455. The first-order valence-electron chi connectivity index (χ1n) is 4.93. The standard InChI is InChI=1S/C11H12Cl2FN/c12-9-3-1-2-8(10(9)13)11(14,6-15)7-4-5-7/h1-3,7H,4-6,15H2. The zero-order chi connectivity index (χ0) is 11.1. The largest absolute Gasteiger partial charge is 0.327 e. The number of nitrogens with two attached hydrogens (primary N) is 1. The molecule has 0 heterocycles. The van der Waals surface area contributed by atoms with Crippen molar-refractivity contribution in [3.8, 4) is 0 Å². The Morgan fingerprint density at radius 3 is 2.60 bits per heavy atom. The first-order chi connectivity index (χ1) is 7.09. The van der Waals surface area contributed by atoms with E-state index >= 15 is 0 Å². The van der Waals surface area contributed by atoms with Crippen molar-refractivity contribution in [1.82, 2.24) is 0 Å². The van der Waals surface area contributed by atoms with Gasteiger partial charge >= 0.3 is 0 Å². The molecule has 0 aliphatic heterocycles. The van der Waals surface area contributed by atoms with Crippen LogP contribution < -0.4 is 5.73 Å². The lowest BCUT2D eigenvalue weighted by Gasteiger charge is -2.25. The van der Waals surface area contributed by atoms with Crippen molar-refractivity contribution in [3.05, 3.63) is 33.8 Å². The Morgan fingerprint density at radius 1 is 1.40 bits per heavy atom. The van der Waals surface area contributed by atoms with Gasteiger partial charge in [-0.1, -0.05) is 35.3 Å². The molecule has 1 aromatic carbocycles. The van der Waals surface area contributed by atoms with Crippen LogP contribution in [-0.4, -0.2) is 6.54 Å². The van der Waals surface area contributed by atoms with E-state index in [0.717, 1.165) is 12.8 Å². The lowest BCUT2D eigenvalue weighted by atomic mass is 9.91. The molecule has 0 amide bonds. The topological polar surface area (TPSA) is 26.0 Å². The van der Waals surface area contributed by atoms with E-state index in [1.165, 1.54) is 0 Å². The third-order valence-corrected chi connectivity index (χ3v) is 3.74. The first-order valence-corrected chi connectivity index (χ1v) is 5.68. The molecule has 1 nitrogen and oxygen atoms in total. The minimum Gasteiger partial charge on any atom is -0.327 e. The van der Waals surface area contributed by atoms with Crippen LogP contribution in [0.3, 0.4) is 0 Å². The van der Waals surface area contributed by atoms with E-state index in [1.54, 1.807) is 18.2 Å². The molecule has 82 valence electrons. The number of alkyl halides is 1. The quantitative estimate of drug-likeness (QED) is 0.869. The highest BCUT2D eigenvalue weighted by molar-refractivity contribution is 6.42. The Balaban J connectivity index is 2.46. The summed E-state index contributed by atoms with van der Waals surface area (Å²) in [7, 11) is 0. The Bertz CT molecular complexity index is 379. The Hall–Kier alpha value is -0.310. The highest BCUT2D eigenvalue weighted by Crippen LogP contribution is 2.50. The van der Waals surface area contributed by atoms with Crippen LogP contribution in [0.15, 0.2) is 18.2 Å². The van der Waals surface area contributed by atoms with E-state index in [1.807, 2.05) is 0 Å². The SMILES string of the molecule is NCC(F)(c1cccc(Cl)c1Cl)C1CC1. The van der Waals surface area contributed by atoms with Crippen LogP contribution in [0, 0.1) is 5.92 Å². The van der Waals surface area contributed by atoms with Gasteiger partial charge in [-0.05, 0) is 24.8 Å².